The lowest BCUT2D eigenvalue weighted by molar-refractivity contribution is -0.123. The van der Waals surface area contributed by atoms with E-state index in [4.69, 9.17) is 4.74 Å². The molecule has 0 aromatic carbocycles. The summed E-state index contributed by atoms with van der Waals surface area (Å²) in [5.41, 5.74) is 0. The lowest BCUT2D eigenvalue weighted by atomic mass is 10.0. The fraction of sp³-hybridized carbons (Fsp3) is 0.909. The van der Waals surface area contributed by atoms with Crippen molar-refractivity contribution in [1.29, 1.82) is 0 Å². The molecule has 2 N–H and O–H groups in total. The zero-order valence-corrected chi connectivity index (χ0v) is 10.9. The molecule has 2 fully saturated rings. The number of nitrogens with one attached hydrogen (secondary N) is 2. The van der Waals surface area contributed by atoms with Gasteiger partial charge in [0, 0.05) is 26.2 Å². The Morgan fingerprint density at radius 1 is 1.39 bits per heavy atom. The smallest absolute Gasteiger partial charge is 0.262 e. The Balaban J connectivity index is 0.00000162. The molecule has 2 aliphatic heterocycles. The molecule has 7 heteroatoms. The molecule has 1 unspecified atom stereocenters. The molecular weight excluding hydrogens is 266 g/mol. The monoisotopic (exact) mass is 284 g/mol. The number of ether oxygens (including phenoxy) is 1. The van der Waals surface area contributed by atoms with Crippen LogP contribution in [0, 0.1) is 5.92 Å². The second-order valence-corrected chi connectivity index (χ2v) is 4.79. The van der Waals surface area contributed by atoms with E-state index in [-0.39, 0.29) is 18.3 Å². The van der Waals surface area contributed by atoms with Crippen molar-refractivity contribution in [1.82, 2.24) is 10.6 Å². The predicted molar refractivity (Wildman–Crippen MR) is 65.2 cm³/mol. The van der Waals surface area contributed by atoms with Gasteiger partial charge in [-0.05, 0) is 18.8 Å². The van der Waals surface area contributed by atoms with Gasteiger partial charge >= 0.3 is 0 Å². The summed E-state index contributed by atoms with van der Waals surface area (Å²) >= 11 is 0. The topological polar surface area (TPSA) is 50.4 Å². The molecule has 4 nitrogen and oxygen atoms in total. The summed E-state index contributed by atoms with van der Waals surface area (Å²) in [6.07, 6.45) is 1.45. The fourth-order valence-corrected chi connectivity index (χ4v) is 2.22. The highest BCUT2D eigenvalue weighted by Crippen LogP contribution is 2.25. The van der Waals surface area contributed by atoms with Crippen LogP contribution in [-0.4, -0.2) is 44.2 Å². The molecule has 0 aliphatic carbocycles. The Kier molecular flexibility index (Phi) is 5.75. The van der Waals surface area contributed by atoms with Crippen LogP contribution in [0.1, 0.15) is 19.3 Å². The third-order valence-corrected chi connectivity index (χ3v) is 3.33. The second kappa shape index (κ2) is 6.63. The molecule has 0 aromatic rings. The molecule has 2 rings (SSSR count). The minimum atomic E-state index is -2.75. The Morgan fingerprint density at radius 2 is 2.06 bits per heavy atom. The maximum atomic E-state index is 12.9. The van der Waals surface area contributed by atoms with Crippen LogP contribution in [0.5, 0.6) is 0 Å². The number of rotatable bonds is 3. The number of carbonyl (C=O) groups excluding carboxylic acids is 1. The number of hydrogen-bond donors (Lipinski definition) is 2. The van der Waals surface area contributed by atoms with E-state index < -0.39 is 24.9 Å². The van der Waals surface area contributed by atoms with Crippen LogP contribution in [0.15, 0.2) is 0 Å². The summed E-state index contributed by atoms with van der Waals surface area (Å²) in [4.78, 5) is 11.6. The largest absolute Gasteiger partial charge is 0.381 e. The van der Waals surface area contributed by atoms with Crippen LogP contribution in [0.4, 0.5) is 8.78 Å². The van der Waals surface area contributed by atoms with Crippen LogP contribution in [0.2, 0.25) is 0 Å². The summed E-state index contributed by atoms with van der Waals surface area (Å²) in [5, 5.41) is 5.29. The standard InChI is InChI=1S/C11H18F2N2O2.ClH/c12-11(13)5-9(15-7-11)10(16)14-6-8-1-3-17-4-2-8;/h8-9,15H,1-7H2,(H,14,16);1H. The molecule has 0 bridgehead atoms. The van der Waals surface area contributed by atoms with Gasteiger partial charge in [0.05, 0.1) is 12.6 Å². The van der Waals surface area contributed by atoms with E-state index in [0.29, 0.717) is 12.5 Å². The molecule has 106 valence electrons. The van der Waals surface area contributed by atoms with E-state index >= 15 is 0 Å². The van der Waals surface area contributed by atoms with Gasteiger partial charge in [0.2, 0.25) is 5.91 Å². The molecule has 0 saturated carbocycles. The molecule has 1 atom stereocenters. The first kappa shape index (κ1) is 15.6. The minimum Gasteiger partial charge on any atom is -0.381 e. The molecule has 1 amide bonds. The lowest BCUT2D eigenvalue weighted by Gasteiger charge is -2.22. The Bertz CT molecular complexity index is 286. The first-order valence-electron chi connectivity index (χ1n) is 6.03. The number of amides is 1. The van der Waals surface area contributed by atoms with Crippen molar-refractivity contribution in [2.75, 3.05) is 26.3 Å². The van der Waals surface area contributed by atoms with Crippen LogP contribution < -0.4 is 10.6 Å². The second-order valence-electron chi connectivity index (χ2n) is 4.79. The third-order valence-electron chi connectivity index (χ3n) is 3.33. The minimum absolute atomic E-state index is 0. The molecule has 0 radical (unpaired) electrons. The van der Waals surface area contributed by atoms with E-state index in [1.54, 1.807) is 0 Å². The van der Waals surface area contributed by atoms with Crippen molar-refractivity contribution >= 4 is 18.3 Å². The molecule has 0 aromatic heterocycles. The summed E-state index contributed by atoms with van der Waals surface area (Å²) in [6.45, 7) is 1.61. The summed E-state index contributed by atoms with van der Waals surface area (Å²) in [5.74, 6) is -2.65. The van der Waals surface area contributed by atoms with Gasteiger partial charge in [0.25, 0.3) is 5.92 Å². The molecule has 2 aliphatic rings. The van der Waals surface area contributed by atoms with Gasteiger partial charge in [-0.3, -0.25) is 10.1 Å². The van der Waals surface area contributed by atoms with Crippen LogP contribution in [-0.2, 0) is 9.53 Å². The van der Waals surface area contributed by atoms with E-state index in [0.717, 1.165) is 26.1 Å². The van der Waals surface area contributed by atoms with E-state index in [1.165, 1.54) is 0 Å². The number of alkyl halides is 2. The molecule has 0 spiro atoms. The highest BCUT2D eigenvalue weighted by molar-refractivity contribution is 5.85. The average molecular weight is 285 g/mol. The molecule has 2 heterocycles. The predicted octanol–water partition coefficient (Wildman–Crippen LogP) is 0.948. The third kappa shape index (κ3) is 4.33. The maximum Gasteiger partial charge on any atom is 0.262 e. The normalized spacial score (nSPS) is 27.6. The highest BCUT2D eigenvalue weighted by Gasteiger charge is 2.42. The van der Waals surface area contributed by atoms with Crippen molar-refractivity contribution in [2.24, 2.45) is 5.92 Å². The first-order valence-corrected chi connectivity index (χ1v) is 6.03. The van der Waals surface area contributed by atoms with Crippen LogP contribution in [0.25, 0.3) is 0 Å². The number of hydrogen-bond acceptors (Lipinski definition) is 3. The van der Waals surface area contributed by atoms with Gasteiger partial charge in [-0.1, -0.05) is 0 Å². The Hall–Kier alpha value is -0.460. The van der Waals surface area contributed by atoms with Gasteiger partial charge in [-0.15, -0.1) is 12.4 Å². The number of halogens is 3. The summed E-state index contributed by atoms with van der Waals surface area (Å²) in [6, 6.07) is -0.746. The van der Waals surface area contributed by atoms with Gasteiger partial charge in [0.15, 0.2) is 0 Å². The molecular formula is C11H19ClF2N2O2. The first-order chi connectivity index (χ1) is 8.07. The van der Waals surface area contributed by atoms with Crippen molar-refractivity contribution in [3.8, 4) is 0 Å². The molecule has 2 saturated heterocycles. The van der Waals surface area contributed by atoms with E-state index in [9.17, 15) is 13.6 Å². The zero-order valence-electron chi connectivity index (χ0n) is 10.1. The van der Waals surface area contributed by atoms with Crippen LogP contribution >= 0.6 is 12.4 Å². The van der Waals surface area contributed by atoms with Crippen molar-refractivity contribution < 1.29 is 18.3 Å². The lowest BCUT2D eigenvalue weighted by Crippen LogP contribution is -2.42. The Morgan fingerprint density at radius 3 is 2.61 bits per heavy atom. The van der Waals surface area contributed by atoms with Crippen molar-refractivity contribution in [3.05, 3.63) is 0 Å². The van der Waals surface area contributed by atoms with Gasteiger partial charge in [-0.2, -0.15) is 0 Å². The molecule has 18 heavy (non-hydrogen) atoms. The quantitative estimate of drug-likeness (QED) is 0.811. The maximum absolute atomic E-state index is 12.9. The van der Waals surface area contributed by atoms with Crippen molar-refractivity contribution in [3.63, 3.8) is 0 Å². The highest BCUT2D eigenvalue weighted by atomic mass is 35.5. The summed E-state index contributed by atoms with van der Waals surface area (Å²) < 4.78 is 31.0. The SMILES string of the molecule is Cl.O=C(NCC1CCOCC1)C1CC(F)(F)CN1. The van der Waals surface area contributed by atoms with Crippen LogP contribution in [0.3, 0.4) is 0 Å². The Labute approximate surface area is 111 Å². The number of carbonyl (C=O) groups is 1. The van der Waals surface area contributed by atoms with E-state index in [2.05, 4.69) is 10.6 Å². The summed E-state index contributed by atoms with van der Waals surface area (Å²) in [7, 11) is 0. The average Bonchev–Trinajstić information content (AvgIpc) is 2.68. The van der Waals surface area contributed by atoms with Gasteiger partial charge in [0.1, 0.15) is 0 Å². The van der Waals surface area contributed by atoms with Crippen molar-refractivity contribution in [2.45, 2.75) is 31.2 Å². The zero-order chi connectivity index (χ0) is 12.3. The fourth-order valence-electron chi connectivity index (χ4n) is 2.22. The van der Waals surface area contributed by atoms with Gasteiger partial charge in [-0.25, -0.2) is 8.78 Å². The van der Waals surface area contributed by atoms with E-state index in [1.807, 2.05) is 0 Å². The van der Waals surface area contributed by atoms with Gasteiger partial charge < -0.3 is 10.1 Å².